The predicted octanol–water partition coefficient (Wildman–Crippen LogP) is 4.40. The van der Waals surface area contributed by atoms with Crippen LogP contribution in [0.25, 0.3) is 0 Å². The molecule has 0 aromatic carbocycles. The van der Waals surface area contributed by atoms with Crippen molar-refractivity contribution in [3.8, 4) is 0 Å². The molecule has 1 heterocycles. The highest BCUT2D eigenvalue weighted by atomic mass is 19.4. The molecule has 4 nitrogen and oxygen atoms in total. The van der Waals surface area contributed by atoms with Gasteiger partial charge in [-0.3, -0.25) is 9.69 Å². The maximum Gasteiger partial charge on any atom is 0.460 e. The molecule has 17 heteroatoms. The molecule has 0 atom stereocenters. The molecule has 1 saturated heterocycles. The number of nitrogens with zero attached hydrogens (tertiary/aromatic N) is 2. The summed E-state index contributed by atoms with van der Waals surface area (Å²) >= 11 is 0. The van der Waals surface area contributed by atoms with Gasteiger partial charge < -0.3 is 4.90 Å². The van der Waals surface area contributed by atoms with Crippen LogP contribution in [-0.2, 0) is 4.79 Å². The van der Waals surface area contributed by atoms with Gasteiger partial charge in [-0.2, -0.15) is 57.1 Å². The third-order valence-corrected chi connectivity index (χ3v) is 4.17. The summed E-state index contributed by atoms with van der Waals surface area (Å²) in [5.41, 5.74) is 0. The molecule has 0 radical (unpaired) electrons. The Morgan fingerprint density at radius 1 is 0.733 bits per heavy atom. The molecule has 30 heavy (non-hydrogen) atoms. The first-order valence-electron chi connectivity index (χ1n) is 7.57. The number of alkyl halides is 13. The Labute approximate surface area is 158 Å². The molecule has 0 spiro atoms. The van der Waals surface area contributed by atoms with Crippen LogP contribution in [0, 0.1) is 0 Å². The molecule has 0 saturated carbocycles. The smallest absolute Gasteiger partial charge is 0.327 e. The zero-order valence-electron chi connectivity index (χ0n) is 14.5. The Morgan fingerprint density at radius 2 is 1.17 bits per heavy atom. The quantitative estimate of drug-likeness (QED) is 0.514. The zero-order valence-corrected chi connectivity index (χ0v) is 14.5. The van der Waals surface area contributed by atoms with Crippen molar-refractivity contribution in [2.75, 3.05) is 20.1 Å². The lowest BCUT2D eigenvalue weighted by Crippen LogP contribution is -2.70. The highest BCUT2D eigenvalue weighted by Gasteiger charge is 2.90. The number of hydrogen-bond donors (Lipinski definition) is 0. The summed E-state index contributed by atoms with van der Waals surface area (Å²) in [6.07, 6.45) is -10.6. The van der Waals surface area contributed by atoms with Crippen LogP contribution in [-0.4, -0.2) is 77.7 Å². The predicted molar refractivity (Wildman–Crippen MR) is 69.8 cm³/mol. The van der Waals surface area contributed by atoms with Gasteiger partial charge in [0.1, 0.15) is 0 Å². The van der Waals surface area contributed by atoms with Crippen LogP contribution in [0.15, 0.2) is 0 Å². The number of urea groups is 1. The Balaban J connectivity index is 3.23. The van der Waals surface area contributed by atoms with E-state index in [1.807, 2.05) is 0 Å². The van der Waals surface area contributed by atoms with Crippen LogP contribution in [0.4, 0.5) is 61.9 Å². The molecular weight excluding hydrogens is 463 g/mol. The lowest BCUT2D eigenvalue weighted by Gasteiger charge is -2.40. The molecule has 1 rings (SSSR count). The molecule has 1 aliphatic heterocycles. The lowest BCUT2D eigenvalue weighted by atomic mass is 9.92. The SMILES string of the molecule is CN1CCC(=O)N(CCC(F)(F)C(F)(F)C(F)(F)C(F)(F)C(F)(F)C(F)(F)F)C1=O. The van der Waals surface area contributed by atoms with Crippen LogP contribution in [0.3, 0.4) is 0 Å². The lowest BCUT2D eigenvalue weighted by molar-refractivity contribution is -0.440. The molecule has 0 aliphatic carbocycles. The molecule has 0 aromatic heterocycles. The molecule has 0 bridgehead atoms. The van der Waals surface area contributed by atoms with Gasteiger partial charge in [0, 0.05) is 33.0 Å². The summed E-state index contributed by atoms with van der Waals surface area (Å²) in [5, 5.41) is 0. The van der Waals surface area contributed by atoms with Crippen molar-refractivity contribution >= 4 is 11.9 Å². The van der Waals surface area contributed by atoms with E-state index < -0.39 is 67.1 Å². The Bertz CT molecular complexity index is 689. The van der Waals surface area contributed by atoms with E-state index in [0.717, 1.165) is 11.9 Å². The average molecular weight is 474 g/mol. The fourth-order valence-corrected chi connectivity index (χ4v) is 2.24. The third kappa shape index (κ3) is 3.74. The zero-order chi connectivity index (χ0) is 24.1. The molecule has 1 aliphatic rings. The van der Waals surface area contributed by atoms with E-state index >= 15 is 0 Å². The van der Waals surface area contributed by atoms with E-state index in [9.17, 15) is 66.7 Å². The second-order valence-corrected chi connectivity index (χ2v) is 6.25. The summed E-state index contributed by atoms with van der Waals surface area (Å²) in [5.74, 6) is -38.7. The Morgan fingerprint density at radius 3 is 1.60 bits per heavy atom. The number of carbonyl (C=O) groups excluding carboxylic acids is 2. The molecular formula is C13H11F13N2O2. The number of imide groups is 1. The highest BCUT2D eigenvalue weighted by molar-refractivity contribution is 5.96. The first kappa shape index (κ1) is 26.1. The maximum atomic E-state index is 13.7. The van der Waals surface area contributed by atoms with Gasteiger partial charge in [-0.1, -0.05) is 0 Å². The van der Waals surface area contributed by atoms with E-state index in [1.54, 1.807) is 0 Å². The van der Waals surface area contributed by atoms with Gasteiger partial charge in [0.25, 0.3) is 0 Å². The van der Waals surface area contributed by atoms with Crippen LogP contribution in [0.2, 0.25) is 0 Å². The third-order valence-electron chi connectivity index (χ3n) is 4.17. The number of halogens is 13. The van der Waals surface area contributed by atoms with Crippen LogP contribution in [0.5, 0.6) is 0 Å². The van der Waals surface area contributed by atoms with Crippen molar-refractivity contribution in [2.45, 2.75) is 48.6 Å². The number of rotatable bonds is 7. The minimum atomic E-state index is -7.98. The standard InChI is InChI=1S/C13H11F13N2O2/c1-27-4-2-6(29)28(7(27)30)5-3-8(14,15)9(16,17)10(18,19)11(20,21)12(22,23)13(24,25)26/h2-5H2,1H3. The summed E-state index contributed by atoms with van der Waals surface area (Å²) in [6.45, 7) is -1.96. The summed E-state index contributed by atoms with van der Waals surface area (Å²) in [4.78, 5) is 23.7. The van der Waals surface area contributed by atoms with Gasteiger partial charge in [0.2, 0.25) is 5.91 Å². The summed E-state index contributed by atoms with van der Waals surface area (Å²) in [6, 6.07) is -1.34. The van der Waals surface area contributed by atoms with Gasteiger partial charge in [0.05, 0.1) is 0 Å². The minimum Gasteiger partial charge on any atom is -0.327 e. The van der Waals surface area contributed by atoms with Crippen molar-refractivity contribution in [1.29, 1.82) is 0 Å². The average Bonchev–Trinajstić information content (AvgIpc) is 2.56. The number of carbonyl (C=O) groups is 2. The minimum absolute atomic E-state index is 0.117. The normalized spacial score (nSPS) is 18.3. The largest absolute Gasteiger partial charge is 0.460 e. The topological polar surface area (TPSA) is 40.6 Å². The van der Waals surface area contributed by atoms with Crippen molar-refractivity contribution in [2.24, 2.45) is 0 Å². The molecule has 1 fully saturated rings. The van der Waals surface area contributed by atoms with E-state index in [2.05, 4.69) is 0 Å². The van der Waals surface area contributed by atoms with E-state index in [4.69, 9.17) is 0 Å². The van der Waals surface area contributed by atoms with Gasteiger partial charge in [-0.15, -0.1) is 0 Å². The second kappa shape index (κ2) is 7.32. The summed E-state index contributed by atoms with van der Waals surface area (Å²) in [7, 11) is 1.03. The van der Waals surface area contributed by atoms with Crippen molar-refractivity contribution < 1.29 is 66.7 Å². The summed E-state index contributed by atoms with van der Waals surface area (Å²) < 4.78 is 169. The van der Waals surface area contributed by atoms with Crippen LogP contribution < -0.4 is 0 Å². The molecule has 0 unspecified atom stereocenters. The Kier molecular flexibility index (Phi) is 6.36. The first-order valence-corrected chi connectivity index (χ1v) is 7.57. The van der Waals surface area contributed by atoms with Gasteiger partial charge >= 0.3 is 41.8 Å². The van der Waals surface area contributed by atoms with E-state index in [1.165, 1.54) is 0 Å². The number of amides is 3. The molecule has 3 amide bonds. The van der Waals surface area contributed by atoms with Gasteiger partial charge in [-0.25, -0.2) is 4.79 Å². The van der Waals surface area contributed by atoms with Crippen LogP contribution in [0.1, 0.15) is 12.8 Å². The fourth-order valence-electron chi connectivity index (χ4n) is 2.24. The van der Waals surface area contributed by atoms with Gasteiger partial charge in [0.15, 0.2) is 0 Å². The maximum absolute atomic E-state index is 13.7. The van der Waals surface area contributed by atoms with E-state index in [0.29, 0.717) is 0 Å². The second-order valence-electron chi connectivity index (χ2n) is 6.25. The monoisotopic (exact) mass is 474 g/mol. The van der Waals surface area contributed by atoms with Crippen molar-refractivity contribution in [3.05, 3.63) is 0 Å². The van der Waals surface area contributed by atoms with Crippen LogP contribution >= 0.6 is 0 Å². The molecule has 0 N–H and O–H groups in total. The highest BCUT2D eigenvalue weighted by Crippen LogP contribution is 2.60. The fraction of sp³-hybridized carbons (Fsp3) is 0.846. The number of hydrogen-bond acceptors (Lipinski definition) is 2. The molecule has 0 aromatic rings. The first-order chi connectivity index (χ1) is 13.1. The van der Waals surface area contributed by atoms with Crippen molar-refractivity contribution in [1.82, 2.24) is 9.80 Å². The van der Waals surface area contributed by atoms with Gasteiger partial charge in [-0.05, 0) is 0 Å². The Hall–Kier alpha value is -1.97. The molecule has 176 valence electrons. The van der Waals surface area contributed by atoms with Crippen molar-refractivity contribution in [3.63, 3.8) is 0 Å². The van der Waals surface area contributed by atoms with E-state index in [-0.39, 0.29) is 11.4 Å².